The van der Waals surface area contributed by atoms with Crippen molar-refractivity contribution in [3.63, 3.8) is 0 Å². The first kappa shape index (κ1) is 28.1. The molecule has 3 amide bonds. The third-order valence-electron chi connectivity index (χ3n) is 7.82. The predicted molar refractivity (Wildman–Crippen MR) is 147 cm³/mol. The predicted octanol–water partition coefficient (Wildman–Crippen LogP) is 4.41. The zero-order valence-electron chi connectivity index (χ0n) is 21.7. The van der Waals surface area contributed by atoms with E-state index in [2.05, 4.69) is 5.32 Å². The minimum absolute atomic E-state index is 0.119. The van der Waals surface area contributed by atoms with Gasteiger partial charge in [-0.25, -0.2) is 9.59 Å². The second-order valence-corrected chi connectivity index (χ2v) is 11.3. The smallest absolute Gasteiger partial charge is 0.338 e. The van der Waals surface area contributed by atoms with E-state index in [4.69, 9.17) is 32.7 Å². The SMILES string of the molecule is CCCCOC(=O)c1ccc(NC(=O)COC(=O)c2ccc(N3C(=O)[C@@H]4[C@H]5C[C@@H]([C@H](Cl)[C@H]5Cl)[C@H]4C3=O)cc2)cc1. The van der Waals surface area contributed by atoms with Crippen LogP contribution in [0, 0.1) is 23.7 Å². The number of carbonyl (C=O) groups is 5. The van der Waals surface area contributed by atoms with Crippen molar-refractivity contribution in [3.8, 4) is 0 Å². The average Bonchev–Trinajstić information content (AvgIpc) is 3.57. The number of anilines is 2. The molecule has 2 aromatic carbocycles. The monoisotopic (exact) mass is 586 g/mol. The summed E-state index contributed by atoms with van der Waals surface area (Å²) in [7, 11) is 0. The molecule has 0 spiro atoms. The summed E-state index contributed by atoms with van der Waals surface area (Å²) in [5.74, 6) is -3.48. The number of halogens is 2. The van der Waals surface area contributed by atoms with Crippen molar-refractivity contribution in [2.75, 3.05) is 23.4 Å². The van der Waals surface area contributed by atoms with E-state index in [1.807, 2.05) is 6.92 Å². The van der Waals surface area contributed by atoms with E-state index in [9.17, 15) is 24.0 Å². The van der Waals surface area contributed by atoms with E-state index >= 15 is 0 Å². The van der Waals surface area contributed by atoms with E-state index in [1.54, 1.807) is 12.1 Å². The standard InChI is InChI=1S/C29H28Cl2N2O7/c1-2-3-12-39-28(37)15-4-8-17(9-5-15)32-21(34)14-40-29(38)16-6-10-18(11-7-16)33-26(35)22-19-13-20(23(22)27(33)36)25(31)24(19)30/h4-11,19-20,22-25H,2-3,12-14H2,1H3,(H,32,34)/t19-,20-,22-,23-,24+,25+/m1/s1. The molecule has 2 bridgehead atoms. The molecule has 210 valence electrons. The van der Waals surface area contributed by atoms with E-state index < -0.39 is 36.3 Å². The molecule has 1 heterocycles. The van der Waals surface area contributed by atoms with Crippen LogP contribution in [0.15, 0.2) is 48.5 Å². The highest BCUT2D eigenvalue weighted by Gasteiger charge is 2.66. The lowest BCUT2D eigenvalue weighted by atomic mass is 9.80. The van der Waals surface area contributed by atoms with Gasteiger partial charge in [-0.3, -0.25) is 19.3 Å². The van der Waals surface area contributed by atoms with Crippen molar-refractivity contribution in [2.24, 2.45) is 23.7 Å². The zero-order valence-corrected chi connectivity index (χ0v) is 23.2. The summed E-state index contributed by atoms with van der Waals surface area (Å²) < 4.78 is 10.3. The summed E-state index contributed by atoms with van der Waals surface area (Å²) in [6.45, 7) is 1.82. The number of unbranched alkanes of at least 4 members (excludes halogenated alkanes) is 1. The fourth-order valence-corrected chi connectivity index (χ4v) is 6.74. The van der Waals surface area contributed by atoms with E-state index in [0.717, 1.165) is 17.7 Å². The molecule has 0 aromatic heterocycles. The van der Waals surface area contributed by atoms with Crippen LogP contribution in [0.3, 0.4) is 0 Å². The van der Waals surface area contributed by atoms with Crippen LogP contribution in [0.2, 0.25) is 0 Å². The van der Waals surface area contributed by atoms with Crippen molar-refractivity contribution in [3.05, 3.63) is 59.7 Å². The minimum atomic E-state index is -0.740. The first-order chi connectivity index (χ1) is 19.2. The van der Waals surface area contributed by atoms with Gasteiger partial charge in [0, 0.05) is 5.69 Å². The van der Waals surface area contributed by atoms with Crippen LogP contribution in [0.25, 0.3) is 0 Å². The van der Waals surface area contributed by atoms with Crippen molar-refractivity contribution in [1.82, 2.24) is 0 Å². The number of esters is 2. The maximum atomic E-state index is 13.1. The first-order valence-corrected chi connectivity index (χ1v) is 14.1. The molecular weight excluding hydrogens is 559 g/mol. The van der Waals surface area contributed by atoms with Crippen molar-refractivity contribution < 1.29 is 33.4 Å². The van der Waals surface area contributed by atoms with Crippen molar-refractivity contribution >= 4 is 64.2 Å². The molecular formula is C29H28Cl2N2O7. The maximum Gasteiger partial charge on any atom is 0.338 e. The Morgan fingerprint density at radius 3 is 1.93 bits per heavy atom. The highest BCUT2D eigenvalue weighted by atomic mass is 35.5. The number of amides is 3. The molecule has 11 heteroatoms. The molecule has 40 heavy (non-hydrogen) atoms. The van der Waals surface area contributed by atoms with Gasteiger partial charge in [0.25, 0.3) is 5.91 Å². The van der Waals surface area contributed by atoms with Gasteiger partial charge in [-0.05, 0) is 73.2 Å². The van der Waals surface area contributed by atoms with Crippen LogP contribution in [-0.4, -0.2) is 53.6 Å². The van der Waals surface area contributed by atoms with Crippen LogP contribution in [-0.2, 0) is 23.9 Å². The Morgan fingerprint density at radius 1 is 0.850 bits per heavy atom. The maximum absolute atomic E-state index is 13.1. The molecule has 2 aromatic rings. The molecule has 2 saturated carbocycles. The highest BCUT2D eigenvalue weighted by molar-refractivity contribution is 6.32. The second-order valence-electron chi connectivity index (χ2n) is 10.3. The second kappa shape index (κ2) is 11.6. The zero-order chi connectivity index (χ0) is 28.6. The largest absolute Gasteiger partial charge is 0.462 e. The molecule has 6 atom stereocenters. The molecule has 9 nitrogen and oxygen atoms in total. The van der Waals surface area contributed by atoms with Crippen LogP contribution in [0.1, 0.15) is 46.9 Å². The number of imide groups is 1. The lowest BCUT2D eigenvalue weighted by molar-refractivity contribution is -0.123. The third kappa shape index (κ3) is 5.20. The van der Waals surface area contributed by atoms with Gasteiger partial charge in [-0.2, -0.15) is 0 Å². The van der Waals surface area contributed by atoms with Gasteiger partial charge >= 0.3 is 11.9 Å². The van der Waals surface area contributed by atoms with Gasteiger partial charge in [0.15, 0.2) is 6.61 Å². The van der Waals surface area contributed by atoms with Gasteiger partial charge in [0.1, 0.15) is 0 Å². The Hall–Kier alpha value is -3.43. The fourth-order valence-electron chi connectivity index (χ4n) is 5.84. The van der Waals surface area contributed by atoms with Crippen molar-refractivity contribution in [2.45, 2.75) is 36.9 Å². The quantitative estimate of drug-likeness (QED) is 0.200. The number of hydrogen-bond acceptors (Lipinski definition) is 7. The number of fused-ring (bicyclic) bond motifs is 5. The summed E-state index contributed by atoms with van der Waals surface area (Å²) in [5, 5.41) is 1.92. The molecule has 1 saturated heterocycles. The number of rotatable bonds is 9. The van der Waals surface area contributed by atoms with Crippen molar-refractivity contribution in [1.29, 1.82) is 0 Å². The number of nitrogens with zero attached hydrogens (tertiary/aromatic N) is 1. The lowest BCUT2D eigenvalue weighted by Crippen LogP contribution is -2.37. The number of carbonyl (C=O) groups excluding carboxylic acids is 5. The summed E-state index contributed by atoms with van der Waals surface area (Å²) in [6.07, 6.45) is 2.38. The van der Waals surface area contributed by atoms with Crippen LogP contribution in [0.4, 0.5) is 11.4 Å². The summed E-state index contributed by atoms with van der Waals surface area (Å²) in [4.78, 5) is 64.2. The number of ether oxygens (including phenoxy) is 2. The summed E-state index contributed by atoms with van der Waals surface area (Å²) >= 11 is 12.8. The molecule has 3 fully saturated rings. The molecule has 0 unspecified atom stereocenters. The van der Waals surface area contributed by atoms with Gasteiger partial charge < -0.3 is 14.8 Å². The van der Waals surface area contributed by atoms with E-state index in [0.29, 0.717) is 30.0 Å². The van der Waals surface area contributed by atoms with Gasteiger partial charge in [0.05, 0.1) is 46.0 Å². The Kier molecular flexibility index (Phi) is 8.14. The third-order valence-corrected chi connectivity index (χ3v) is 9.14. The van der Waals surface area contributed by atoms with Gasteiger partial charge in [0.2, 0.25) is 11.8 Å². The van der Waals surface area contributed by atoms with Gasteiger partial charge in [-0.1, -0.05) is 13.3 Å². The highest BCUT2D eigenvalue weighted by Crippen LogP contribution is 2.59. The number of benzene rings is 2. The number of hydrogen-bond donors (Lipinski definition) is 1. The Morgan fingerprint density at radius 2 is 1.38 bits per heavy atom. The normalized spacial score (nSPS) is 26.5. The van der Waals surface area contributed by atoms with Crippen LogP contribution < -0.4 is 10.2 Å². The van der Waals surface area contributed by atoms with E-state index in [1.165, 1.54) is 36.4 Å². The van der Waals surface area contributed by atoms with Gasteiger partial charge in [-0.15, -0.1) is 23.2 Å². The number of nitrogens with one attached hydrogen (secondary N) is 1. The summed E-state index contributed by atoms with van der Waals surface area (Å²) in [5.41, 5.74) is 1.30. The number of alkyl halides is 2. The topological polar surface area (TPSA) is 119 Å². The minimum Gasteiger partial charge on any atom is -0.462 e. The Balaban J connectivity index is 1.13. The van der Waals surface area contributed by atoms with Crippen LogP contribution >= 0.6 is 23.2 Å². The molecule has 1 N–H and O–H groups in total. The molecule has 5 rings (SSSR count). The van der Waals surface area contributed by atoms with E-state index in [-0.39, 0.29) is 40.0 Å². The first-order valence-electron chi connectivity index (χ1n) is 13.2. The fraction of sp³-hybridized carbons (Fsp3) is 0.414. The molecule has 1 aliphatic heterocycles. The Labute approximate surface area is 241 Å². The summed E-state index contributed by atoms with van der Waals surface area (Å²) in [6, 6.07) is 12.0. The molecule has 0 radical (unpaired) electrons. The Bertz CT molecular complexity index is 1300. The molecule has 3 aliphatic rings. The molecule has 2 aliphatic carbocycles. The van der Waals surface area contributed by atoms with Crippen LogP contribution in [0.5, 0.6) is 0 Å². The average molecular weight is 587 g/mol. The lowest BCUT2D eigenvalue weighted by Gasteiger charge is -2.28.